The molecule has 0 amide bonds. The van der Waals surface area contributed by atoms with Crippen LogP contribution in [-0.4, -0.2) is 5.10 Å². The second-order valence-electron chi connectivity index (χ2n) is 4.04. The summed E-state index contributed by atoms with van der Waals surface area (Å²) in [6.07, 6.45) is 0. The number of aromatic nitrogens is 2. The maximum atomic E-state index is 11.9. The molecule has 0 aliphatic heterocycles. The van der Waals surface area contributed by atoms with Gasteiger partial charge < -0.3 is 4.42 Å². The molecule has 4 heteroatoms. The average molecular weight is 239 g/mol. The van der Waals surface area contributed by atoms with E-state index in [1.54, 1.807) is 0 Å². The first-order chi connectivity index (χ1) is 8.75. The Morgan fingerprint density at radius 2 is 1.83 bits per heavy atom. The number of hydrogen-bond donors (Lipinski definition) is 0. The predicted molar refractivity (Wildman–Crippen MR) is 66.5 cm³/mol. The molecule has 0 saturated heterocycles. The van der Waals surface area contributed by atoms with Crippen molar-refractivity contribution in [3.8, 4) is 5.69 Å². The van der Waals surface area contributed by atoms with Gasteiger partial charge in [-0.25, -0.2) is 0 Å². The van der Waals surface area contributed by atoms with Crippen LogP contribution in [0.2, 0.25) is 0 Å². The van der Waals surface area contributed by atoms with Crippen molar-refractivity contribution in [2.45, 2.75) is 6.92 Å². The van der Waals surface area contributed by atoms with Crippen molar-refractivity contribution < 1.29 is 9.10 Å². The number of aryl methyl sites for hydroxylation is 1. The summed E-state index contributed by atoms with van der Waals surface area (Å²) in [4.78, 5) is 11.9. The first kappa shape index (κ1) is 10.7. The molecule has 0 atom stereocenters. The lowest BCUT2D eigenvalue weighted by Crippen LogP contribution is -2.50. The van der Waals surface area contributed by atoms with E-state index in [4.69, 9.17) is 4.42 Å². The second-order valence-corrected chi connectivity index (χ2v) is 4.04. The highest BCUT2D eigenvalue weighted by Gasteiger charge is 2.18. The number of para-hydroxylation sites is 2. The maximum absolute atomic E-state index is 11.9. The van der Waals surface area contributed by atoms with Crippen molar-refractivity contribution in [1.29, 1.82) is 0 Å². The Labute approximate surface area is 103 Å². The van der Waals surface area contributed by atoms with Crippen LogP contribution < -0.4 is 10.4 Å². The standard InChI is InChI=1S/C14H11N2O2/c1-10-6-5-9-12-13(10)18-14(17)16(15-12)11-7-3-2-4-8-11/h2-9H,1H3/q+1. The third kappa shape index (κ3) is 1.68. The van der Waals surface area contributed by atoms with E-state index in [0.29, 0.717) is 16.8 Å². The van der Waals surface area contributed by atoms with Crippen LogP contribution in [-0.2, 0) is 0 Å². The SMILES string of the molecule is Cc1cccc2n[n+](-c3ccccc3)c(=O)oc12. The number of nitrogens with zero attached hydrogens (tertiary/aromatic N) is 2. The zero-order chi connectivity index (χ0) is 12.5. The predicted octanol–water partition coefficient (Wildman–Crippen LogP) is 1.77. The molecule has 3 aromatic rings. The maximum Gasteiger partial charge on any atom is 0.634 e. The fourth-order valence-corrected chi connectivity index (χ4v) is 1.86. The summed E-state index contributed by atoms with van der Waals surface area (Å²) in [7, 11) is 0. The smallest absolute Gasteiger partial charge is 0.368 e. The van der Waals surface area contributed by atoms with Crippen LogP contribution in [0.4, 0.5) is 0 Å². The highest BCUT2D eigenvalue weighted by Crippen LogP contribution is 2.12. The average Bonchev–Trinajstić information content (AvgIpc) is 2.40. The lowest BCUT2D eigenvalue weighted by Gasteiger charge is -1.96. The molecule has 4 nitrogen and oxygen atoms in total. The van der Waals surface area contributed by atoms with Gasteiger partial charge in [0.2, 0.25) is 5.69 Å². The van der Waals surface area contributed by atoms with Crippen molar-refractivity contribution >= 4 is 11.1 Å². The summed E-state index contributed by atoms with van der Waals surface area (Å²) >= 11 is 0. The van der Waals surface area contributed by atoms with Crippen molar-refractivity contribution in [1.82, 2.24) is 5.10 Å². The molecule has 88 valence electrons. The summed E-state index contributed by atoms with van der Waals surface area (Å²) in [5, 5.41) is 4.32. The summed E-state index contributed by atoms with van der Waals surface area (Å²) in [5.74, 6) is -0.483. The Morgan fingerprint density at radius 3 is 2.61 bits per heavy atom. The van der Waals surface area contributed by atoms with Gasteiger partial charge >= 0.3 is 5.76 Å². The van der Waals surface area contributed by atoms with Crippen molar-refractivity contribution in [2.75, 3.05) is 0 Å². The van der Waals surface area contributed by atoms with Crippen LogP contribution in [0, 0.1) is 6.92 Å². The molecule has 18 heavy (non-hydrogen) atoms. The van der Waals surface area contributed by atoms with E-state index in [0.717, 1.165) is 5.56 Å². The van der Waals surface area contributed by atoms with E-state index in [-0.39, 0.29) is 0 Å². The fraction of sp³-hybridized carbons (Fsp3) is 0.0714. The van der Waals surface area contributed by atoms with Gasteiger partial charge in [-0.3, -0.25) is 0 Å². The quantitative estimate of drug-likeness (QED) is 0.608. The topological polar surface area (TPSA) is 47.0 Å². The highest BCUT2D eigenvalue weighted by molar-refractivity contribution is 5.74. The molecule has 3 rings (SSSR count). The summed E-state index contributed by atoms with van der Waals surface area (Å²) in [6, 6.07) is 14.8. The monoisotopic (exact) mass is 239 g/mol. The number of fused-ring (bicyclic) bond motifs is 1. The van der Waals surface area contributed by atoms with E-state index in [1.807, 2.05) is 55.5 Å². The zero-order valence-corrected chi connectivity index (χ0v) is 9.83. The number of hydrogen-bond acceptors (Lipinski definition) is 3. The van der Waals surface area contributed by atoms with Crippen LogP contribution in [0.15, 0.2) is 57.7 Å². The van der Waals surface area contributed by atoms with Crippen LogP contribution in [0.3, 0.4) is 0 Å². The second kappa shape index (κ2) is 4.07. The normalized spacial score (nSPS) is 10.7. The third-order valence-electron chi connectivity index (χ3n) is 2.76. The van der Waals surface area contributed by atoms with Crippen LogP contribution in [0.5, 0.6) is 0 Å². The van der Waals surface area contributed by atoms with Gasteiger partial charge in [0.1, 0.15) is 0 Å². The van der Waals surface area contributed by atoms with Gasteiger partial charge in [-0.05, 0) is 18.6 Å². The number of rotatable bonds is 1. The van der Waals surface area contributed by atoms with Crippen LogP contribution in [0.25, 0.3) is 16.8 Å². The molecule has 0 N–H and O–H groups in total. The Balaban J connectivity index is 2.33. The molecule has 2 aromatic carbocycles. The van der Waals surface area contributed by atoms with E-state index < -0.39 is 5.76 Å². The minimum absolute atomic E-state index is 0.483. The third-order valence-corrected chi connectivity index (χ3v) is 2.76. The van der Waals surface area contributed by atoms with Gasteiger partial charge in [-0.1, -0.05) is 30.3 Å². The first-order valence-electron chi connectivity index (χ1n) is 5.64. The Bertz CT molecular complexity index is 764. The summed E-state index contributed by atoms with van der Waals surface area (Å²) in [6.45, 7) is 1.89. The molecular weight excluding hydrogens is 228 g/mol. The van der Waals surface area contributed by atoms with Gasteiger partial charge in [0.25, 0.3) is 0 Å². The first-order valence-corrected chi connectivity index (χ1v) is 5.64. The highest BCUT2D eigenvalue weighted by atomic mass is 16.4. The lowest BCUT2D eigenvalue weighted by atomic mass is 10.2. The van der Waals surface area contributed by atoms with Gasteiger partial charge in [0, 0.05) is 21.9 Å². The summed E-state index contributed by atoms with van der Waals surface area (Å²) < 4.78 is 6.59. The Morgan fingerprint density at radius 1 is 1.06 bits per heavy atom. The molecule has 0 spiro atoms. The van der Waals surface area contributed by atoms with Gasteiger partial charge in [0.05, 0.1) is 0 Å². The molecule has 0 unspecified atom stereocenters. The van der Waals surface area contributed by atoms with E-state index in [9.17, 15) is 4.79 Å². The van der Waals surface area contributed by atoms with Crippen molar-refractivity contribution in [3.05, 3.63) is 64.6 Å². The summed E-state index contributed by atoms with van der Waals surface area (Å²) in [5.41, 5.74) is 2.79. The molecule has 1 heterocycles. The molecule has 0 aliphatic rings. The Hall–Kier alpha value is -2.49. The van der Waals surface area contributed by atoms with Crippen LogP contribution >= 0.6 is 0 Å². The molecule has 0 fully saturated rings. The fourth-order valence-electron chi connectivity index (χ4n) is 1.86. The van der Waals surface area contributed by atoms with E-state index in [1.165, 1.54) is 4.68 Å². The minimum Gasteiger partial charge on any atom is -0.368 e. The molecule has 0 saturated carbocycles. The Kier molecular flexibility index (Phi) is 2.41. The van der Waals surface area contributed by atoms with Crippen molar-refractivity contribution in [3.63, 3.8) is 0 Å². The minimum atomic E-state index is -0.483. The van der Waals surface area contributed by atoms with Gasteiger partial charge in [-0.15, -0.1) is 0 Å². The molecule has 0 radical (unpaired) electrons. The van der Waals surface area contributed by atoms with Gasteiger partial charge in [-0.2, -0.15) is 4.79 Å². The van der Waals surface area contributed by atoms with E-state index >= 15 is 0 Å². The zero-order valence-electron chi connectivity index (χ0n) is 9.83. The molecule has 1 aromatic heterocycles. The van der Waals surface area contributed by atoms with Crippen molar-refractivity contribution in [2.24, 2.45) is 0 Å². The molecule has 0 aliphatic carbocycles. The van der Waals surface area contributed by atoms with Gasteiger partial charge in [0.15, 0.2) is 11.1 Å². The van der Waals surface area contributed by atoms with E-state index in [2.05, 4.69) is 5.10 Å². The lowest BCUT2D eigenvalue weighted by molar-refractivity contribution is -0.683. The van der Waals surface area contributed by atoms with Crippen LogP contribution in [0.1, 0.15) is 5.56 Å². The number of benzene rings is 2. The largest absolute Gasteiger partial charge is 0.634 e. The molecular formula is C14H11N2O2+. The molecule has 0 bridgehead atoms.